The first-order valence-corrected chi connectivity index (χ1v) is 14.5. The Bertz CT molecular complexity index is 1060. The SMILES string of the molecule is CC(C)=CCC[C@]1(C)Oc2cc(OCC(C)(C)O)ccc2[C@H]2OCC3(CCN(C(=O)OC(C)(C)C)CC3)C[C@@H]21. The highest BCUT2D eigenvalue weighted by Crippen LogP contribution is 2.57. The van der Waals surface area contributed by atoms with Gasteiger partial charge in [-0.1, -0.05) is 11.6 Å². The van der Waals surface area contributed by atoms with E-state index in [2.05, 4.69) is 32.9 Å². The number of aliphatic hydroxyl groups is 1. The van der Waals surface area contributed by atoms with Gasteiger partial charge in [0.25, 0.3) is 0 Å². The van der Waals surface area contributed by atoms with Gasteiger partial charge >= 0.3 is 6.09 Å². The van der Waals surface area contributed by atoms with Crippen LogP contribution in [0.2, 0.25) is 0 Å². The molecule has 0 unspecified atom stereocenters. The predicted octanol–water partition coefficient (Wildman–Crippen LogP) is 6.83. The van der Waals surface area contributed by atoms with Crippen LogP contribution in [-0.2, 0) is 9.47 Å². The summed E-state index contributed by atoms with van der Waals surface area (Å²) in [5, 5.41) is 10.1. The Hall–Kier alpha value is -2.25. The molecule has 7 nitrogen and oxygen atoms in total. The number of nitrogens with zero attached hydrogens (tertiary/aromatic N) is 1. The molecule has 3 aliphatic heterocycles. The van der Waals surface area contributed by atoms with Crippen molar-refractivity contribution in [1.29, 1.82) is 0 Å². The summed E-state index contributed by atoms with van der Waals surface area (Å²) in [7, 11) is 0. The van der Waals surface area contributed by atoms with Gasteiger partial charge in [-0.25, -0.2) is 4.79 Å². The van der Waals surface area contributed by atoms with Crippen LogP contribution in [0.1, 0.15) is 99.2 Å². The fourth-order valence-electron chi connectivity index (χ4n) is 6.09. The molecule has 0 aromatic heterocycles. The van der Waals surface area contributed by atoms with Crippen molar-refractivity contribution in [3.05, 3.63) is 35.4 Å². The Morgan fingerprint density at radius 2 is 1.87 bits per heavy atom. The van der Waals surface area contributed by atoms with Gasteiger partial charge in [0.05, 0.1) is 18.3 Å². The van der Waals surface area contributed by atoms with E-state index in [0.29, 0.717) is 25.4 Å². The Kier molecular flexibility index (Phi) is 8.36. The number of amides is 1. The molecule has 2 fully saturated rings. The van der Waals surface area contributed by atoms with E-state index in [0.717, 1.165) is 43.4 Å². The number of fused-ring (bicyclic) bond motifs is 3. The Morgan fingerprint density at radius 3 is 2.49 bits per heavy atom. The normalized spacial score (nSPS) is 26.2. The van der Waals surface area contributed by atoms with E-state index in [4.69, 9.17) is 18.9 Å². The molecule has 1 aromatic carbocycles. The molecule has 218 valence electrons. The fourth-order valence-corrected chi connectivity index (χ4v) is 6.09. The zero-order valence-electron chi connectivity index (χ0n) is 25.3. The summed E-state index contributed by atoms with van der Waals surface area (Å²) in [5.74, 6) is 1.68. The maximum Gasteiger partial charge on any atom is 0.410 e. The molecule has 0 saturated carbocycles. The molecule has 3 atom stereocenters. The van der Waals surface area contributed by atoms with E-state index in [1.807, 2.05) is 37.8 Å². The van der Waals surface area contributed by atoms with E-state index in [9.17, 15) is 9.90 Å². The second kappa shape index (κ2) is 11.0. The van der Waals surface area contributed by atoms with Gasteiger partial charge in [0.2, 0.25) is 0 Å². The quantitative estimate of drug-likeness (QED) is 0.396. The molecular weight excluding hydrogens is 494 g/mol. The monoisotopic (exact) mass is 543 g/mol. The van der Waals surface area contributed by atoms with Crippen molar-refractivity contribution in [1.82, 2.24) is 4.90 Å². The van der Waals surface area contributed by atoms with Crippen LogP contribution in [0.25, 0.3) is 0 Å². The number of allylic oxidation sites excluding steroid dienone is 2. The number of carbonyl (C=O) groups excluding carboxylic acids is 1. The molecular formula is C32H49NO6. The summed E-state index contributed by atoms with van der Waals surface area (Å²) in [5.41, 5.74) is 0.575. The molecule has 2 saturated heterocycles. The Labute approximate surface area is 234 Å². The van der Waals surface area contributed by atoms with Crippen molar-refractivity contribution < 1.29 is 28.8 Å². The maximum absolute atomic E-state index is 12.7. The molecule has 1 spiro atoms. The van der Waals surface area contributed by atoms with Crippen LogP contribution in [0.4, 0.5) is 4.79 Å². The summed E-state index contributed by atoms with van der Waals surface area (Å²) in [6.07, 6.45) is 6.62. The third-order valence-electron chi connectivity index (χ3n) is 8.27. The summed E-state index contributed by atoms with van der Waals surface area (Å²) in [6, 6.07) is 5.96. The van der Waals surface area contributed by atoms with E-state index >= 15 is 0 Å². The second-order valence-electron chi connectivity index (χ2n) is 14.0. The van der Waals surface area contributed by atoms with Crippen LogP contribution in [0.15, 0.2) is 29.8 Å². The molecule has 4 rings (SSSR count). The zero-order valence-corrected chi connectivity index (χ0v) is 25.3. The maximum atomic E-state index is 12.7. The molecule has 3 aliphatic rings. The summed E-state index contributed by atoms with van der Waals surface area (Å²) >= 11 is 0. The molecule has 0 aliphatic carbocycles. The van der Waals surface area contributed by atoms with Gasteiger partial charge in [0.1, 0.15) is 29.3 Å². The van der Waals surface area contributed by atoms with Crippen molar-refractivity contribution in [3.8, 4) is 11.5 Å². The van der Waals surface area contributed by atoms with Gasteiger partial charge in [-0.3, -0.25) is 0 Å². The highest BCUT2D eigenvalue weighted by atomic mass is 16.6. The zero-order chi connectivity index (χ0) is 28.6. The van der Waals surface area contributed by atoms with Crippen molar-refractivity contribution in [2.75, 3.05) is 26.3 Å². The summed E-state index contributed by atoms with van der Waals surface area (Å²) in [6.45, 7) is 17.9. The minimum atomic E-state index is -0.916. The molecule has 3 heterocycles. The number of piperidine rings is 1. The van der Waals surface area contributed by atoms with Gasteiger partial charge in [-0.05, 0) is 105 Å². The van der Waals surface area contributed by atoms with Crippen LogP contribution in [0.3, 0.4) is 0 Å². The topological polar surface area (TPSA) is 77.5 Å². The van der Waals surface area contributed by atoms with Crippen LogP contribution >= 0.6 is 0 Å². The fraction of sp³-hybridized carbons (Fsp3) is 0.719. The predicted molar refractivity (Wildman–Crippen MR) is 152 cm³/mol. The largest absolute Gasteiger partial charge is 0.490 e. The van der Waals surface area contributed by atoms with Crippen LogP contribution < -0.4 is 9.47 Å². The van der Waals surface area contributed by atoms with Gasteiger partial charge in [-0.15, -0.1) is 0 Å². The molecule has 0 radical (unpaired) electrons. The molecule has 1 amide bonds. The first-order chi connectivity index (χ1) is 18.1. The minimum absolute atomic E-state index is 0.0219. The third-order valence-corrected chi connectivity index (χ3v) is 8.27. The molecule has 0 bridgehead atoms. The lowest BCUT2D eigenvalue weighted by Crippen LogP contribution is -2.56. The Morgan fingerprint density at radius 1 is 1.18 bits per heavy atom. The number of rotatable bonds is 6. The van der Waals surface area contributed by atoms with Gasteiger partial charge in [-0.2, -0.15) is 0 Å². The standard InChI is InChI=1S/C32H49NO6/c1-22(2)10-9-13-31(8)25-19-32(14-16-33(17-15-32)28(34)39-29(3,4)5)21-37-27(25)24-12-11-23(18-26(24)38-31)36-20-30(6,7)35/h10-12,18,25,27,35H,9,13-17,19-21H2,1-8H3/t25-,27+,31-/m0/s1. The van der Waals surface area contributed by atoms with E-state index in [1.165, 1.54) is 5.57 Å². The lowest BCUT2D eigenvalue weighted by Gasteiger charge is -2.55. The van der Waals surface area contributed by atoms with Gasteiger partial charge < -0.3 is 29.0 Å². The molecule has 7 heteroatoms. The first kappa shape index (κ1) is 29.7. The first-order valence-electron chi connectivity index (χ1n) is 14.5. The van der Waals surface area contributed by atoms with Crippen molar-refractivity contribution in [2.24, 2.45) is 11.3 Å². The van der Waals surface area contributed by atoms with Crippen molar-refractivity contribution in [2.45, 2.75) is 110 Å². The molecule has 1 aromatic rings. The molecule has 1 N–H and O–H groups in total. The van der Waals surface area contributed by atoms with Gasteiger partial charge in [0, 0.05) is 30.6 Å². The van der Waals surface area contributed by atoms with Crippen LogP contribution in [-0.4, -0.2) is 59.2 Å². The highest BCUT2D eigenvalue weighted by Gasteiger charge is 2.54. The average molecular weight is 544 g/mol. The highest BCUT2D eigenvalue weighted by molar-refractivity contribution is 5.68. The average Bonchev–Trinajstić information content (AvgIpc) is 2.81. The smallest absolute Gasteiger partial charge is 0.410 e. The minimum Gasteiger partial charge on any atom is -0.490 e. The lowest BCUT2D eigenvalue weighted by atomic mass is 9.63. The van der Waals surface area contributed by atoms with Crippen molar-refractivity contribution >= 4 is 6.09 Å². The van der Waals surface area contributed by atoms with Crippen LogP contribution in [0, 0.1) is 11.3 Å². The van der Waals surface area contributed by atoms with E-state index < -0.39 is 16.8 Å². The summed E-state index contributed by atoms with van der Waals surface area (Å²) < 4.78 is 25.1. The second-order valence-corrected chi connectivity index (χ2v) is 14.0. The number of benzene rings is 1. The van der Waals surface area contributed by atoms with Gasteiger partial charge in [0.15, 0.2) is 0 Å². The number of ether oxygens (including phenoxy) is 4. The van der Waals surface area contributed by atoms with E-state index in [-0.39, 0.29) is 30.1 Å². The number of likely N-dealkylation sites (tertiary alicyclic amines) is 1. The molecule has 39 heavy (non-hydrogen) atoms. The van der Waals surface area contributed by atoms with E-state index in [1.54, 1.807) is 13.8 Å². The van der Waals surface area contributed by atoms with Crippen LogP contribution in [0.5, 0.6) is 11.5 Å². The summed E-state index contributed by atoms with van der Waals surface area (Å²) in [4.78, 5) is 14.5. The number of hydrogen-bond acceptors (Lipinski definition) is 6. The number of hydrogen-bond donors (Lipinski definition) is 1. The Balaban J connectivity index is 1.54. The van der Waals surface area contributed by atoms with Crippen molar-refractivity contribution in [3.63, 3.8) is 0 Å². The lowest BCUT2D eigenvalue weighted by molar-refractivity contribution is -0.179. The third kappa shape index (κ3) is 7.29. The number of carbonyl (C=O) groups is 1.